The maximum absolute atomic E-state index is 13.2. The van der Waals surface area contributed by atoms with Gasteiger partial charge in [-0.2, -0.15) is 0 Å². The first-order valence-corrected chi connectivity index (χ1v) is 4.23. The topological polar surface area (TPSA) is 26.0 Å². The van der Waals surface area contributed by atoms with E-state index < -0.39 is 17.5 Å². The minimum Gasteiger partial charge on any atom is -0.344 e. The summed E-state index contributed by atoms with van der Waals surface area (Å²) in [4.78, 5) is 0. The Morgan fingerprint density at radius 1 is 1.13 bits per heavy atom. The van der Waals surface area contributed by atoms with Gasteiger partial charge in [-0.3, -0.25) is 0 Å². The molecule has 1 aromatic heterocycles. The largest absolute Gasteiger partial charge is 0.344 e. The van der Waals surface area contributed by atoms with Gasteiger partial charge in [0.1, 0.15) is 5.69 Å². The lowest BCUT2D eigenvalue weighted by Crippen LogP contribution is -1.93. The quantitative estimate of drug-likeness (QED) is 0.706. The highest BCUT2D eigenvalue weighted by atomic mass is 35.5. The normalized spacial score (nSPS) is 10.7. The number of benzene rings is 1. The van der Waals surface area contributed by atoms with Crippen LogP contribution in [0.3, 0.4) is 0 Å². The molecule has 0 aliphatic heterocycles. The molecule has 0 N–H and O–H groups in total. The van der Waals surface area contributed by atoms with Crippen molar-refractivity contribution >= 4 is 11.6 Å². The predicted octanol–water partition coefficient (Wildman–Crippen LogP) is 3.41. The number of hydrogen-bond donors (Lipinski definition) is 0. The number of aromatic nitrogens is 1. The van der Waals surface area contributed by atoms with Crippen LogP contribution in [0.25, 0.3) is 11.3 Å². The van der Waals surface area contributed by atoms with Crippen LogP contribution >= 0.6 is 11.6 Å². The van der Waals surface area contributed by atoms with Crippen molar-refractivity contribution in [3.8, 4) is 11.3 Å². The molecule has 0 spiro atoms. The summed E-state index contributed by atoms with van der Waals surface area (Å²) in [6.07, 6.45) is 0. The highest BCUT2D eigenvalue weighted by molar-refractivity contribution is 6.29. The maximum atomic E-state index is 13.2. The van der Waals surface area contributed by atoms with E-state index in [-0.39, 0.29) is 16.5 Å². The molecule has 2 nitrogen and oxygen atoms in total. The zero-order valence-electron chi connectivity index (χ0n) is 7.10. The lowest BCUT2D eigenvalue weighted by Gasteiger charge is -1.99. The Bertz CT molecular complexity index is 512. The summed E-state index contributed by atoms with van der Waals surface area (Å²) in [5, 5.41) is 3.32. The Labute approximate surface area is 87.3 Å². The van der Waals surface area contributed by atoms with Crippen LogP contribution in [0.5, 0.6) is 0 Å². The summed E-state index contributed by atoms with van der Waals surface area (Å²) in [5.41, 5.74) is -0.194. The average Bonchev–Trinajstić information content (AvgIpc) is 2.61. The van der Waals surface area contributed by atoms with E-state index in [0.717, 1.165) is 12.1 Å². The van der Waals surface area contributed by atoms with Gasteiger partial charge in [-0.25, -0.2) is 13.2 Å². The second kappa shape index (κ2) is 3.58. The minimum absolute atomic E-state index is 0.0106. The van der Waals surface area contributed by atoms with Crippen molar-refractivity contribution in [1.29, 1.82) is 0 Å². The van der Waals surface area contributed by atoms with Gasteiger partial charge >= 0.3 is 0 Å². The molecule has 0 unspecified atom stereocenters. The number of hydrogen-bond acceptors (Lipinski definition) is 2. The lowest BCUT2D eigenvalue weighted by molar-refractivity contribution is 0.421. The van der Waals surface area contributed by atoms with Crippen molar-refractivity contribution < 1.29 is 17.7 Å². The van der Waals surface area contributed by atoms with E-state index in [1.807, 2.05) is 0 Å². The molecule has 2 aromatic rings. The SMILES string of the molecule is Fc1ccc(-c2cc(Cl)on2)c(F)c1F. The van der Waals surface area contributed by atoms with Gasteiger partial charge in [-0.1, -0.05) is 5.16 Å². The van der Waals surface area contributed by atoms with Crippen molar-refractivity contribution in [2.75, 3.05) is 0 Å². The van der Waals surface area contributed by atoms with Gasteiger partial charge in [0.25, 0.3) is 0 Å². The molecule has 15 heavy (non-hydrogen) atoms. The van der Waals surface area contributed by atoms with Crippen LogP contribution in [0, 0.1) is 17.5 Å². The molecule has 0 aliphatic rings. The van der Waals surface area contributed by atoms with Gasteiger partial charge in [-0.15, -0.1) is 0 Å². The van der Waals surface area contributed by atoms with Crippen LogP contribution in [-0.2, 0) is 0 Å². The summed E-state index contributed by atoms with van der Waals surface area (Å²) in [6.45, 7) is 0. The van der Waals surface area contributed by atoms with Gasteiger partial charge in [-0.05, 0) is 23.7 Å². The van der Waals surface area contributed by atoms with E-state index >= 15 is 0 Å². The number of nitrogens with zero attached hydrogens (tertiary/aromatic N) is 1. The predicted molar refractivity (Wildman–Crippen MR) is 46.8 cm³/mol. The Balaban J connectivity index is 2.59. The third kappa shape index (κ3) is 1.70. The van der Waals surface area contributed by atoms with Crippen LogP contribution in [0.4, 0.5) is 13.2 Å². The summed E-state index contributed by atoms with van der Waals surface area (Å²) < 4.78 is 43.1. The summed E-state index contributed by atoms with van der Waals surface area (Å²) in [6, 6.07) is 3.07. The highest BCUT2D eigenvalue weighted by Gasteiger charge is 2.17. The third-order valence-corrected chi connectivity index (χ3v) is 1.97. The fourth-order valence-corrected chi connectivity index (χ4v) is 1.24. The number of halogens is 4. The fraction of sp³-hybridized carbons (Fsp3) is 0. The van der Waals surface area contributed by atoms with E-state index in [0.29, 0.717) is 0 Å². The van der Waals surface area contributed by atoms with Crippen molar-refractivity contribution in [3.63, 3.8) is 0 Å². The van der Waals surface area contributed by atoms with Crippen LogP contribution in [0.1, 0.15) is 0 Å². The molecule has 1 heterocycles. The van der Waals surface area contributed by atoms with Crippen LogP contribution < -0.4 is 0 Å². The number of rotatable bonds is 1. The van der Waals surface area contributed by atoms with Crippen molar-refractivity contribution in [1.82, 2.24) is 5.16 Å². The van der Waals surface area contributed by atoms with E-state index in [4.69, 9.17) is 11.6 Å². The lowest BCUT2D eigenvalue weighted by atomic mass is 10.1. The Morgan fingerprint density at radius 2 is 1.87 bits per heavy atom. The molecular formula is C9H3ClF3NO. The smallest absolute Gasteiger partial charge is 0.226 e. The van der Waals surface area contributed by atoms with Crippen LogP contribution in [-0.4, -0.2) is 5.16 Å². The molecule has 0 fully saturated rings. The summed E-state index contributed by atoms with van der Waals surface area (Å²) in [7, 11) is 0. The van der Waals surface area contributed by atoms with E-state index in [2.05, 4.69) is 9.68 Å². The molecule has 0 aliphatic carbocycles. The summed E-state index contributed by atoms with van der Waals surface area (Å²) in [5.74, 6) is -4.13. The summed E-state index contributed by atoms with van der Waals surface area (Å²) >= 11 is 5.41. The van der Waals surface area contributed by atoms with Gasteiger partial charge in [0.2, 0.25) is 5.22 Å². The van der Waals surface area contributed by atoms with Gasteiger partial charge in [0.05, 0.1) is 0 Å². The maximum Gasteiger partial charge on any atom is 0.226 e. The molecular weight excluding hydrogens is 231 g/mol. The standard InChI is InChI=1S/C9H3ClF3NO/c10-7-3-6(14-15-7)4-1-2-5(11)9(13)8(4)12/h1-3H. The average molecular weight is 234 g/mol. The van der Waals surface area contributed by atoms with E-state index in [1.54, 1.807) is 0 Å². The molecule has 0 radical (unpaired) electrons. The van der Waals surface area contributed by atoms with Crippen molar-refractivity contribution in [2.45, 2.75) is 0 Å². The second-order valence-electron chi connectivity index (χ2n) is 2.74. The van der Waals surface area contributed by atoms with Crippen molar-refractivity contribution in [2.24, 2.45) is 0 Å². The molecule has 0 saturated heterocycles. The zero-order valence-corrected chi connectivity index (χ0v) is 7.86. The molecule has 78 valence electrons. The van der Waals surface area contributed by atoms with Crippen molar-refractivity contribution in [3.05, 3.63) is 40.9 Å². The second-order valence-corrected chi connectivity index (χ2v) is 3.11. The fourth-order valence-electron chi connectivity index (χ4n) is 1.10. The van der Waals surface area contributed by atoms with E-state index in [1.165, 1.54) is 6.07 Å². The molecule has 0 amide bonds. The molecule has 2 rings (SSSR count). The Morgan fingerprint density at radius 3 is 2.47 bits per heavy atom. The van der Waals surface area contributed by atoms with Gasteiger partial charge < -0.3 is 4.52 Å². The molecule has 0 atom stereocenters. The minimum atomic E-state index is -1.55. The molecule has 0 saturated carbocycles. The molecule has 1 aromatic carbocycles. The first-order valence-electron chi connectivity index (χ1n) is 3.85. The molecule has 0 bridgehead atoms. The monoisotopic (exact) mass is 233 g/mol. The van der Waals surface area contributed by atoms with E-state index in [9.17, 15) is 13.2 Å². The first kappa shape index (κ1) is 10.0. The Kier molecular flexibility index (Phi) is 2.40. The molecule has 6 heteroatoms. The third-order valence-electron chi connectivity index (χ3n) is 1.79. The Hall–Kier alpha value is -1.49. The zero-order chi connectivity index (χ0) is 11.0. The van der Waals surface area contributed by atoms with Crippen LogP contribution in [0.15, 0.2) is 22.7 Å². The highest BCUT2D eigenvalue weighted by Crippen LogP contribution is 2.26. The van der Waals surface area contributed by atoms with Gasteiger partial charge in [0, 0.05) is 11.6 Å². The van der Waals surface area contributed by atoms with Gasteiger partial charge in [0.15, 0.2) is 17.5 Å². The first-order chi connectivity index (χ1) is 7.09. The van der Waals surface area contributed by atoms with Crippen LogP contribution in [0.2, 0.25) is 5.22 Å².